The first-order chi connectivity index (χ1) is 12.9. The number of methoxy groups -OCH3 is 1. The first-order valence-corrected chi connectivity index (χ1v) is 9.66. The fraction of sp³-hybridized carbons (Fsp3) is 0.600. The van der Waals surface area contributed by atoms with Gasteiger partial charge < -0.3 is 25.6 Å². The molecule has 1 heterocycles. The number of anilines is 1. The molecular weight excluding hydrogens is 469 g/mol. The molecule has 1 aromatic carbocycles. The number of carbonyl (C=O) groups is 1. The standard InChI is InChI=1S/C20H33N5O2.HI/c1-5-21-18(23-15-20(2,3)27-4)22-14-16-9-8-10-17(13-16)24-19(26)25-11-6-7-12-25;/h8-10,13H,5-7,11-12,14-15H2,1-4H3,(H,24,26)(H2,21,22,23);1H. The molecule has 0 radical (unpaired) electrons. The van der Waals surface area contributed by atoms with Gasteiger partial charge in [-0.25, -0.2) is 9.79 Å². The fourth-order valence-corrected chi connectivity index (χ4v) is 2.75. The molecule has 2 rings (SSSR count). The molecule has 1 aliphatic rings. The van der Waals surface area contributed by atoms with Gasteiger partial charge in [0, 0.05) is 39.0 Å². The molecule has 28 heavy (non-hydrogen) atoms. The predicted octanol–water partition coefficient (Wildman–Crippen LogP) is 3.41. The first kappa shape index (κ1) is 24.5. The molecule has 0 spiro atoms. The maximum absolute atomic E-state index is 12.2. The summed E-state index contributed by atoms with van der Waals surface area (Å²) in [7, 11) is 1.70. The molecule has 0 atom stereocenters. The van der Waals surface area contributed by atoms with Crippen LogP contribution in [0.25, 0.3) is 0 Å². The largest absolute Gasteiger partial charge is 0.377 e. The summed E-state index contributed by atoms with van der Waals surface area (Å²) >= 11 is 0. The Balaban J connectivity index is 0.00000392. The first-order valence-electron chi connectivity index (χ1n) is 9.66. The molecule has 1 aromatic rings. The lowest BCUT2D eigenvalue weighted by Gasteiger charge is -2.24. The minimum absolute atomic E-state index is 0. The second-order valence-electron chi connectivity index (χ2n) is 7.34. The number of guanidine groups is 1. The number of urea groups is 1. The topological polar surface area (TPSA) is 78.0 Å². The molecule has 0 unspecified atom stereocenters. The van der Waals surface area contributed by atoms with Crippen LogP contribution in [0.4, 0.5) is 10.5 Å². The summed E-state index contributed by atoms with van der Waals surface area (Å²) in [6, 6.07) is 7.81. The summed E-state index contributed by atoms with van der Waals surface area (Å²) in [5.41, 5.74) is 1.58. The zero-order valence-corrected chi connectivity index (χ0v) is 19.7. The molecule has 0 aromatic heterocycles. The average Bonchev–Trinajstić information content (AvgIpc) is 3.19. The van der Waals surface area contributed by atoms with Gasteiger partial charge in [0.1, 0.15) is 0 Å². The third-order valence-corrected chi connectivity index (χ3v) is 4.57. The number of amides is 2. The van der Waals surface area contributed by atoms with Gasteiger partial charge in [0.25, 0.3) is 0 Å². The Bertz CT molecular complexity index is 645. The van der Waals surface area contributed by atoms with Crippen LogP contribution in [0, 0.1) is 0 Å². The second kappa shape index (κ2) is 12.1. The maximum atomic E-state index is 12.2. The number of carbonyl (C=O) groups excluding carboxylic acids is 1. The van der Waals surface area contributed by atoms with Crippen LogP contribution in [0.15, 0.2) is 29.3 Å². The van der Waals surface area contributed by atoms with E-state index in [1.54, 1.807) is 7.11 Å². The number of nitrogens with zero attached hydrogens (tertiary/aromatic N) is 2. The van der Waals surface area contributed by atoms with Crippen molar-refractivity contribution in [2.24, 2.45) is 4.99 Å². The van der Waals surface area contributed by atoms with Crippen LogP contribution in [-0.4, -0.2) is 55.8 Å². The molecule has 8 heteroatoms. The lowest BCUT2D eigenvalue weighted by atomic mass is 10.1. The van der Waals surface area contributed by atoms with E-state index in [0.717, 1.165) is 49.7 Å². The van der Waals surface area contributed by atoms with Crippen molar-refractivity contribution in [3.8, 4) is 0 Å². The highest BCUT2D eigenvalue weighted by Gasteiger charge is 2.18. The maximum Gasteiger partial charge on any atom is 0.321 e. The van der Waals surface area contributed by atoms with Crippen molar-refractivity contribution in [1.29, 1.82) is 0 Å². The molecule has 7 nitrogen and oxygen atoms in total. The zero-order valence-electron chi connectivity index (χ0n) is 17.4. The number of benzene rings is 1. The summed E-state index contributed by atoms with van der Waals surface area (Å²) in [5, 5.41) is 9.52. The number of hydrogen-bond donors (Lipinski definition) is 3. The van der Waals surface area contributed by atoms with Crippen LogP contribution < -0.4 is 16.0 Å². The molecule has 1 fully saturated rings. The van der Waals surface area contributed by atoms with Crippen molar-refractivity contribution in [2.45, 2.75) is 45.8 Å². The van der Waals surface area contributed by atoms with E-state index < -0.39 is 0 Å². The van der Waals surface area contributed by atoms with E-state index in [4.69, 9.17) is 4.74 Å². The molecule has 158 valence electrons. The highest BCUT2D eigenvalue weighted by molar-refractivity contribution is 14.0. The van der Waals surface area contributed by atoms with Crippen LogP contribution in [0.1, 0.15) is 39.2 Å². The van der Waals surface area contributed by atoms with Crippen LogP contribution in [0.2, 0.25) is 0 Å². The van der Waals surface area contributed by atoms with Gasteiger partial charge in [-0.3, -0.25) is 0 Å². The van der Waals surface area contributed by atoms with Crippen molar-refractivity contribution in [2.75, 3.05) is 38.6 Å². The van der Waals surface area contributed by atoms with Crippen LogP contribution >= 0.6 is 24.0 Å². The van der Waals surface area contributed by atoms with Gasteiger partial charge in [0.15, 0.2) is 5.96 Å². The van der Waals surface area contributed by atoms with Gasteiger partial charge in [-0.05, 0) is 51.3 Å². The summed E-state index contributed by atoms with van der Waals surface area (Å²) < 4.78 is 5.43. The molecular formula is C20H34IN5O2. The summed E-state index contributed by atoms with van der Waals surface area (Å²) in [6.45, 7) is 9.72. The van der Waals surface area contributed by atoms with Gasteiger partial charge in [-0.15, -0.1) is 24.0 Å². The normalized spacial score (nSPS) is 14.4. The number of ether oxygens (including phenoxy) is 1. The van der Waals surface area contributed by atoms with Crippen molar-refractivity contribution in [3.63, 3.8) is 0 Å². The number of aliphatic imine (C=N–C) groups is 1. The van der Waals surface area contributed by atoms with E-state index >= 15 is 0 Å². The van der Waals surface area contributed by atoms with Crippen molar-refractivity contribution in [3.05, 3.63) is 29.8 Å². The quantitative estimate of drug-likeness (QED) is 0.303. The van der Waals surface area contributed by atoms with E-state index in [2.05, 4.69) is 20.9 Å². The number of nitrogens with one attached hydrogen (secondary N) is 3. The highest BCUT2D eigenvalue weighted by Crippen LogP contribution is 2.14. The summed E-state index contributed by atoms with van der Waals surface area (Å²) in [5.74, 6) is 0.745. The molecule has 0 saturated carbocycles. The van der Waals surface area contributed by atoms with Gasteiger partial charge in [0.2, 0.25) is 0 Å². The van der Waals surface area contributed by atoms with E-state index in [9.17, 15) is 4.79 Å². The van der Waals surface area contributed by atoms with Gasteiger partial charge in [-0.1, -0.05) is 12.1 Å². The Morgan fingerprint density at radius 2 is 1.96 bits per heavy atom. The van der Waals surface area contributed by atoms with Gasteiger partial charge in [-0.2, -0.15) is 0 Å². The van der Waals surface area contributed by atoms with E-state index in [0.29, 0.717) is 13.1 Å². The minimum Gasteiger partial charge on any atom is -0.377 e. The van der Waals surface area contributed by atoms with Crippen molar-refractivity contribution >= 4 is 41.7 Å². The zero-order chi connectivity index (χ0) is 19.7. The monoisotopic (exact) mass is 503 g/mol. The van der Waals surface area contributed by atoms with Crippen molar-refractivity contribution < 1.29 is 9.53 Å². The van der Waals surface area contributed by atoms with Crippen LogP contribution in [-0.2, 0) is 11.3 Å². The van der Waals surface area contributed by atoms with E-state index in [1.165, 1.54) is 0 Å². The van der Waals surface area contributed by atoms with E-state index in [-0.39, 0.29) is 35.6 Å². The molecule has 1 aliphatic heterocycles. The third-order valence-electron chi connectivity index (χ3n) is 4.57. The SMILES string of the molecule is CCNC(=NCc1cccc(NC(=O)N2CCCC2)c1)NCC(C)(C)OC.I. The third kappa shape index (κ3) is 8.22. The minimum atomic E-state index is -0.268. The Hall–Kier alpha value is -1.55. The average molecular weight is 503 g/mol. The lowest BCUT2D eigenvalue weighted by Crippen LogP contribution is -2.45. The van der Waals surface area contributed by atoms with E-state index in [1.807, 2.05) is 49.9 Å². The van der Waals surface area contributed by atoms with Gasteiger partial charge in [0.05, 0.1) is 12.1 Å². The van der Waals surface area contributed by atoms with Crippen LogP contribution in [0.3, 0.4) is 0 Å². The molecule has 0 bridgehead atoms. The van der Waals surface area contributed by atoms with Gasteiger partial charge >= 0.3 is 6.03 Å². The number of halogens is 1. The number of hydrogen-bond acceptors (Lipinski definition) is 3. The number of likely N-dealkylation sites (tertiary alicyclic amines) is 1. The highest BCUT2D eigenvalue weighted by atomic mass is 127. The smallest absolute Gasteiger partial charge is 0.321 e. The Morgan fingerprint density at radius 1 is 1.25 bits per heavy atom. The number of rotatable bonds is 7. The molecule has 0 aliphatic carbocycles. The Kier molecular flexibility index (Phi) is 10.6. The summed E-state index contributed by atoms with van der Waals surface area (Å²) in [4.78, 5) is 18.7. The molecule has 1 saturated heterocycles. The molecule has 2 amide bonds. The van der Waals surface area contributed by atoms with Crippen LogP contribution in [0.5, 0.6) is 0 Å². The lowest BCUT2D eigenvalue weighted by molar-refractivity contribution is 0.0268. The second-order valence-corrected chi connectivity index (χ2v) is 7.34. The van der Waals surface area contributed by atoms with Crippen molar-refractivity contribution in [1.82, 2.24) is 15.5 Å². The predicted molar refractivity (Wildman–Crippen MR) is 126 cm³/mol. The molecule has 3 N–H and O–H groups in total. The summed E-state index contributed by atoms with van der Waals surface area (Å²) in [6.07, 6.45) is 2.17. The Labute approximate surface area is 185 Å². The fourth-order valence-electron chi connectivity index (χ4n) is 2.75. The Morgan fingerprint density at radius 3 is 2.61 bits per heavy atom.